The lowest BCUT2D eigenvalue weighted by molar-refractivity contribution is 0.706. The van der Waals surface area contributed by atoms with Crippen LogP contribution in [0, 0.1) is 0 Å². The lowest BCUT2D eigenvalue weighted by atomic mass is 10.2. The fourth-order valence-corrected chi connectivity index (χ4v) is 8.15. The van der Waals surface area contributed by atoms with Gasteiger partial charge in [0, 0.05) is 19.7 Å². The maximum atomic E-state index is 2.65. The number of hydrogen-bond acceptors (Lipinski definition) is 1. The van der Waals surface area contributed by atoms with Crippen LogP contribution in [-0.2, 0) is 0 Å². The van der Waals surface area contributed by atoms with Gasteiger partial charge < -0.3 is 0 Å². The smallest absolute Gasteiger partial charge is 0.0682 e. The lowest BCUT2D eigenvalue weighted by Gasteiger charge is -2.23. The van der Waals surface area contributed by atoms with Crippen molar-refractivity contribution in [1.29, 1.82) is 0 Å². The van der Waals surface area contributed by atoms with Gasteiger partial charge in [-0.1, -0.05) is 52.9 Å². The van der Waals surface area contributed by atoms with Crippen molar-refractivity contribution < 1.29 is 0 Å². The van der Waals surface area contributed by atoms with Crippen LogP contribution < -0.4 is 0 Å². The summed E-state index contributed by atoms with van der Waals surface area (Å²) in [6.45, 7) is 9.62. The molecule has 0 aliphatic rings. The fraction of sp³-hybridized carbons (Fsp3) is 1.00. The first-order chi connectivity index (χ1) is 9.18. The van der Waals surface area contributed by atoms with Gasteiger partial charge in [-0.05, 0) is 25.0 Å². The summed E-state index contributed by atoms with van der Waals surface area (Å²) in [7, 11) is -0.585. The van der Waals surface area contributed by atoms with E-state index >= 15 is 0 Å². The first kappa shape index (κ1) is 19.8. The van der Waals surface area contributed by atoms with Gasteiger partial charge >= 0.3 is 0 Å². The molecule has 0 nitrogen and oxygen atoms in total. The van der Waals surface area contributed by atoms with E-state index in [1.165, 1.54) is 62.9 Å². The summed E-state index contributed by atoms with van der Waals surface area (Å²) >= 11 is 2.23. The molecule has 0 spiro atoms. The molecule has 0 rings (SSSR count). The summed E-state index contributed by atoms with van der Waals surface area (Å²) in [6.07, 6.45) is 16.0. The maximum absolute atomic E-state index is 2.65. The van der Waals surface area contributed by atoms with E-state index in [-0.39, 0.29) is 0 Å². The summed E-state index contributed by atoms with van der Waals surface area (Å²) in [5, 5.41) is 0. The van der Waals surface area contributed by atoms with Gasteiger partial charge in [0.1, 0.15) is 0 Å². The van der Waals surface area contributed by atoms with Crippen molar-refractivity contribution in [3.63, 3.8) is 0 Å². The van der Waals surface area contributed by atoms with Crippen LogP contribution in [0.4, 0.5) is 0 Å². The average molecular weight is 306 g/mol. The van der Waals surface area contributed by atoms with E-state index in [0.29, 0.717) is 0 Å². The number of unbranched alkanes of at least 4 members (excludes halogenated alkanes) is 5. The van der Waals surface area contributed by atoms with Crippen molar-refractivity contribution in [2.75, 3.05) is 36.7 Å². The van der Waals surface area contributed by atoms with Gasteiger partial charge in [0.2, 0.25) is 0 Å². The molecule has 0 unspecified atom stereocenters. The molecule has 116 valence electrons. The Balaban J connectivity index is 3.72. The molecule has 0 heterocycles. The second kappa shape index (κ2) is 13.7. The predicted octanol–water partition coefficient (Wildman–Crippen LogP) is 6.55. The summed E-state index contributed by atoms with van der Waals surface area (Å²) in [5.74, 6) is 2.84. The van der Waals surface area contributed by atoms with Crippen molar-refractivity contribution in [1.82, 2.24) is 0 Å². The first-order valence-electron chi connectivity index (χ1n) is 8.59. The molecule has 19 heavy (non-hydrogen) atoms. The Kier molecular flexibility index (Phi) is 14.3. The van der Waals surface area contributed by atoms with E-state index in [1.54, 1.807) is 18.5 Å². The van der Waals surface area contributed by atoms with Crippen LogP contribution in [0.15, 0.2) is 0 Å². The van der Waals surface area contributed by atoms with E-state index in [4.69, 9.17) is 0 Å². The quantitative estimate of drug-likeness (QED) is 0.259. The summed E-state index contributed by atoms with van der Waals surface area (Å²) < 4.78 is 0. The molecule has 0 aliphatic heterocycles. The van der Waals surface area contributed by atoms with Crippen molar-refractivity contribution in [3.05, 3.63) is 0 Å². The summed E-state index contributed by atoms with van der Waals surface area (Å²) in [5.41, 5.74) is 0. The molecule has 0 fully saturated rings. The minimum atomic E-state index is -0.585. The molecule has 0 aromatic carbocycles. The maximum Gasteiger partial charge on any atom is 0.0682 e. The topological polar surface area (TPSA) is 0 Å². The van der Waals surface area contributed by atoms with Gasteiger partial charge in [-0.15, -0.1) is 0 Å². The monoisotopic (exact) mass is 305 g/mol. The predicted molar refractivity (Wildman–Crippen MR) is 98.7 cm³/mol. The molecular formula is C17H38PS+. The van der Waals surface area contributed by atoms with Gasteiger partial charge in [0.15, 0.2) is 0 Å². The molecule has 2 heteroatoms. The average Bonchev–Trinajstić information content (AvgIpc) is 2.42. The highest BCUT2D eigenvalue weighted by Gasteiger charge is 2.29. The fourth-order valence-electron chi connectivity index (χ4n) is 2.43. The van der Waals surface area contributed by atoms with Crippen LogP contribution in [0.3, 0.4) is 0 Å². The van der Waals surface area contributed by atoms with Crippen LogP contribution in [0.2, 0.25) is 0 Å². The molecule has 0 bridgehead atoms. The van der Waals surface area contributed by atoms with Crippen LogP contribution in [0.1, 0.15) is 72.1 Å². The standard InChI is InChI=1S/C17H38PS/c1-5-8-11-12-16-19-17-15-18(4,13-9-6-2)14-10-7-3/h5-17H2,1-4H3/q+1. The van der Waals surface area contributed by atoms with Crippen LogP contribution in [-0.4, -0.2) is 36.7 Å². The summed E-state index contributed by atoms with van der Waals surface area (Å²) in [4.78, 5) is 0. The van der Waals surface area contributed by atoms with Gasteiger partial charge in [0.05, 0.1) is 18.5 Å². The minimum absolute atomic E-state index is 0.585. The zero-order valence-electron chi connectivity index (χ0n) is 14.0. The van der Waals surface area contributed by atoms with E-state index < -0.39 is 7.26 Å². The lowest BCUT2D eigenvalue weighted by Crippen LogP contribution is -2.09. The second-order valence-corrected chi connectivity index (χ2v) is 12.0. The molecule has 0 saturated heterocycles. The van der Waals surface area contributed by atoms with Crippen molar-refractivity contribution in [2.24, 2.45) is 0 Å². The Morgan fingerprint density at radius 1 is 0.632 bits per heavy atom. The van der Waals surface area contributed by atoms with E-state index in [9.17, 15) is 0 Å². The Labute approximate surface area is 128 Å². The molecular weight excluding hydrogens is 267 g/mol. The second-order valence-electron chi connectivity index (χ2n) is 6.17. The number of thioether (sulfide) groups is 1. The normalized spacial score (nSPS) is 12.0. The minimum Gasteiger partial charge on any atom is -0.158 e. The molecule has 0 aromatic rings. The van der Waals surface area contributed by atoms with Crippen molar-refractivity contribution in [2.45, 2.75) is 72.1 Å². The molecule has 0 saturated carbocycles. The van der Waals surface area contributed by atoms with Crippen molar-refractivity contribution >= 4 is 19.0 Å². The molecule has 0 atom stereocenters. The summed E-state index contributed by atoms with van der Waals surface area (Å²) in [6, 6.07) is 0. The Morgan fingerprint density at radius 2 is 1.21 bits per heavy atom. The first-order valence-corrected chi connectivity index (χ1v) is 12.5. The third kappa shape index (κ3) is 12.2. The Bertz CT molecular complexity index is 174. The third-order valence-electron chi connectivity index (χ3n) is 4.02. The SMILES string of the molecule is CCCCCCSCC[P+](C)(CCCC)CCCC. The third-order valence-corrected chi connectivity index (χ3v) is 9.49. The van der Waals surface area contributed by atoms with Gasteiger partial charge in [-0.25, -0.2) is 0 Å². The van der Waals surface area contributed by atoms with Crippen molar-refractivity contribution in [3.8, 4) is 0 Å². The van der Waals surface area contributed by atoms with E-state index in [0.717, 1.165) is 0 Å². The Morgan fingerprint density at radius 3 is 1.74 bits per heavy atom. The highest BCUT2D eigenvalue weighted by atomic mass is 32.2. The molecule has 0 N–H and O–H groups in total. The van der Waals surface area contributed by atoms with Gasteiger partial charge in [0.25, 0.3) is 0 Å². The molecule has 0 aliphatic carbocycles. The van der Waals surface area contributed by atoms with Crippen LogP contribution in [0.25, 0.3) is 0 Å². The number of rotatable bonds is 14. The highest BCUT2D eigenvalue weighted by Crippen LogP contribution is 2.56. The highest BCUT2D eigenvalue weighted by molar-refractivity contribution is 7.99. The zero-order chi connectivity index (χ0) is 14.4. The van der Waals surface area contributed by atoms with Gasteiger partial charge in [-0.2, -0.15) is 11.8 Å². The molecule has 0 radical (unpaired) electrons. The number of hydrogen-bond donors (Lipinski definition) is 0. The molecule has 0 amide bonds. The Hall–Kier alpha value is 0.780. The van der Waals surface area contributed by atoms with Gasteiger partial charge in [-0.3, -0.25) is 0 Å². The largest absolute Gasteiger partial charge is 0.158 e. The zero-order valence-corrected chi connectivity index (χ0v) is 15.8. The van der Waals surface area contributed by atoms with Crippen LogP contribution >= 0.6 is 19.0 Å². The van der Waals surface area contributed by atoms with E-state index in [2.05, 4.69) is 39.2 Å². The van der Waals surface area contributed by atoms with Crippen LogP contribution in [0.5, 0.6) is 0 Å². The van der Waals surface area contributed by atoms with E-state index in [1.807, 2.05) is 0 Å². The molecule has 0 aromatic heterocycles.